The van der Waals surface area contributed by atoms with Gasteiger partial charge in [0.05, 0.1) is 27.1 Å². The molecule has 3 aromatic carbocycles. The van der Waals surface area contributed by atoms with Gasteiger partial charge in [0.2, 0.25) is 0 Å². The number of anilines is 3. The summed E-state index contributed by atoms with van der Waals surface area (Å²) in [6.45, 7) is 0. The number of aromatic nitrogens is 2. The monoisotopic (exact) mass is 497 g/mol. The molecule has 5 rings (SSSR count). The molecule has 172 valence electrons. The lowest BCUT2D eigenvalue weighted by atomic mass is 10.3. The molecule has 0 atom stereocenters. The highest BCUT2D eigenvalue weighted by Crippen LogP contribution is 2.32. The molecular formula is C21H15N5O6S2. The number of hydrogen-bond acceptors (Lipinski definition) is 10. The number of nitro benzene ring substituents is 1. The number of non-ortho nitro benzene ring substituents is 1. The van der Waals surface area contributed by atoms with E-state index in [4.69, 9.17) is 9.15 Å². The third-order valence-electron chi connectivity index (χ3n) is 4.81. The number of nitrogens with zero attached hydrogens (tertiary/aromatic N) is 3. The number of benzene rings is 3. The van der Waals surface area contributed by atoms with Crippen molar-refractivity contribution in [2.45, 2.75) is 4.90 Å². The van der Waals surface area contributed by atoms with Crippen molar-refractivity contribution in [3.05, 3.63) is 70.8 Å². The summed E-state index contributed by atoms with van der Waals surface area (Å²) in [5.74, 6) is 0.610. The van der Waals surface area contributed by atoms with Crippen LogP contribution in [0.15, 0.2) is 70.0 Å². The maximum Gasteiger partial charge on any atom is 0.302 e. The predicted octanol–water partition coefficient (Wildman–Crippen LogP) is 4.90. The van der Waals surface area contributed by atoms with Crippen LogP contribution in [0.2, 0.25) is 0 Å². The van der Waals surface area contributed by atoms with E-state index in [2.05, 4.69) is 20.0 Å². The van der Waals surface area contributed by atoms with Crippen LogP contribution in [0.1, 0.15) is 0 Å². The molecule has 0 saturated carbocycles. The van der Waals surface area contributed by atoms with Crippen LogP contribution in [0.3, 0.4) is 0 Å². The molecule has 0 radical (unpaired) electrons. The van der Waals surface area contributed by atoms with Gasteiger partial charge in [-0.2, -0.15) is 4.98 Å². The number of thiazole rings is 1. The van der Waals surface area contributed by atoms with Crippen LogP contribution in [0.25, 0.3) is 21.3 Å². The molecule has 0 aliphatic carbocycles. The Hall–Kier alpha value is -4.23. The number of methoxy groups -OCH3 is 1. The van der Waals surface area contributed by atoms with Crippen LogP contribution in [-0.4, -0.2) is 30.4 Å². The van der Waals surface area contributed by atoms with Crippen molar-refractivity contribution in [2.75, 3.05) is 17.1 Å². The molecule has 2 aromatic heterocycles. The van der Waals surface area contributed by atoms with Crippen molar-refractivity contribution in [1.82, 2.24) is 9.97 Å². The van der Waals surface area contributed by atoms with Crippen molar-refractivity contribution in [3.8, 4) is 5.75 Å². The van der Waals surface area contributed by atoms with E-state index in [0.29, 0.717) is 37.9 Å². The minimum absolute atomic E-state index is 0.0166. The fraction of sp³-hybridized carbons (Fsp3) is 0.0476. The Morgan fingerprint density at radius 3 is 2.56 bits per heavy atom. The second-order valence-corrected chi connectivity index (χ2v) is 9.75. The Kier molecular flexibility index (Phi) is 5.26. The quantitative estimate of drug-likeness (QED) is 0.236. The van der Waals surface area contributed by atoms with Crippen LogP contribution < -0.4 is 14.8 Å². The number of sulfonamides is 1. The third kappa shape index (κ3) is 4.21. The number of nitro groups is 1. The molecular weight excluding hydrogens is 482 g/mol. The van der Waals surface area contributed by atoms with Crippen LogP contribution in [0.5, 0.6) is 5.75 Å². The van der Waals surface area contributed by atoms with Crippen molar-refractivity contribution in [2.24, 2.45) is 0 Å². The normalized spacial score (nSPS) is 11.6. The number of fused-ring (bicyclic) bond motifs is 2. The van der Waals surface area contributed by atoms with Crippen molar-refractivity contribution in [1.29, 1.82) is 0 Å². The molecule has 0 unspecified atom stereocenters. The van der Waals surface area contributed by atoms with E-state index in [1.54, 1.807) is 30.3 Å². The molecule has 0 spiro atoms. The predicted molar refractivity (Wildman–Crippen MR) is 127 cm³/mol. The minimum Gasteiger partial charge on any atom is -0.497 e. The second-order valence-electron chi connectivity index (χ2n) is 7.04. The van der Waals surface area contributed by atoms with Crippen LogP contribution in [0, 0.1) is 10.1 Å². The first-order chi connectivity index (χ1) is 16.3. The number of nitrogens with one attached hydrogen (secondary N) is 2. The van der Waals surface area contributed by atoms with Crippen LogP contribution in [0.4, 0.5) is 22.5 Å². The molecule has 13 heteroatoms. The molecule has 0 aliphatic rings. The Labute approximate surface area is 196 Å². The van der Waals surface area contributed by atoms with Crippen LogP contribution >= 0.6 is 11.3 Å². The lowest BCUT2D eigenvalue weighted by Gasteiger charge is -2.08. The molecule has 0 fully saturated rings. The number of ether oxygens (including phenoxy) is 1. The average Bonchev–Trinajstić information content (AvgIpc) is 3.40. The summed E-state index contributed by atoms with van der Waals surface area (Å²) in [7, 11) is -2.33. The van der Waals surface area contributed by atoms with Gasteiger partial charge in [-0.05, 0) is 48.5 Å². The molecule has 0 amide bonds. The van der Waals surface area contributed by atoms with E-state index in [1.165, 1.54) is 48.8 Å². The largest absolute Gasteiger partial charge is 0.497 e. The first-order valence-corrected chi connectivity index (χ1v) is 12.0. The van der Waals surface area contributed by atoms with Gasteiger partial charge in [0, 0.05) is 17.8 Å². The molecule has 11 nitrogen and oxygen atoms in total. The lowest BCUT2D eigenvalue weighted by molar-refractivity contribution is -0.384. The summed E-state index contributed by atoms with van der Waals surface area (Å²) in [6, 6.07) is 15.3. The van der Waals surface area contributed by atoms with Gasteiger partial charge >= 0.3 is 6.01 Å². The molecule has 34 heavy (non-hydrogen) atoms. The average molecular weight is 498 g/mol. The summed E-state index contributed by atoms with van der Waals surface area (Å²) >= 11 is 1.20. The SMILES string of the molecule is COc1ccc(NS(=O)(=O)c2ccc3oc(Nc4nc5ccc([N+](=O)[O-])cc5s4)nc3c2)cc1. The van der Waals surface area contributed by atoms with E-state index in [9.17, 15) is 18.5 Å². The van der Waals surface area contributed by atoms with E-state index in [-0.39, 0.29) is 16.6 Å². The maximum atomic E-state index is 12.8. The zero-order valence-corrected chi connectivity index (χ0v) is 19.0. The number of oxazole rings is 1. The van der Waals surface area contributed by atoms with Gasteiger partial charge in [0.15, 0.2) is 10.7 Å². The summed E-state index contributed by atoms with van der Waals surface area (Å²) in [5.41, 5.74) is 1.66. The minimum atomic E-state index is -3.86. The Bertz CT molecular complexity index is 1640. The Morgan fingerprint density at radius 1 is 1.03 bits per heavy atom. The fourth-order valence-electron chi connectivity index (χ4n) is 3.17. The summed E-state index contributed by atoms with van der Waals surface area (Å²) in [5, 5.41) is 14.3. The number of rotatable bonds is 7. The standard InChI is InChI=1S/C21H15N5O6S2/c1-31-14-5-2-12(3-6-14)25-34(29,30)15-7-9-18-17(11-15)22-20(32-18)24-21-23-16-8-4-13(26(27)28)10-19(16)33-21/h2-11,25H,1H3,(H,22,23,24). The number of hydrogen-bond donors (Lipinski definition) is 2. The highest BCUT2D eigenvalue weighted by atomic mass is 32.2. The zero-order valence-electron chi connectivity index (χ0n) is 17.4. The van der Waals surface area contributed by atoms with Crippen molar-refractivity contribution in [3.63, 3.8) is 0 Å². The molecule has 2 heterocycles. The second kappa shape index (κ2) is 8.28. The van der Waals surface area contributed by atoms with E-state index >= 15 is 0 Å². The molecule has 0 bridgehead atoms. The third-order valence-corrected chi connectivity index (χ3v) is 7.12. The highest BCUT2D eigenvalue weighted by Gasteiger charge is 2.18. The smallest absolute Gasteiger partial charge is 0.302 e. The van der Waals surface area contributed by atoms with Gasteiger partial charge in [-0.1, -0.05) is 11.3 Å². The molecule has 2 N–H and O–H groups in total. The summed E-state index contributed by atoms with van der Waals surface area (Å²) in [4.78, 5) is 19.2. The van der Waals surface area contributed by atoms with Gasteiger partial charge in [0.1, 0.15) is 11.3 Å². The Balaban J connectivity index is 1.39. The van der Waals surface area contributed by atoms with Gasteiger partial charge < -0.3 is 9.15 Å². The molecule has 0 saturated heterocycles. The summed E-state index contributed by atoms with van der Waals surface area (Å²) < 4.78 is 39.5. The molecule has 0 aliphatic heterocycles. The first kappa shape index (κ1) is 21.6. The van der Waals surface area contributed by atoms with Gasteiger partial charge in [-0.3, -0.25) is 20.2 Å². The van der Waals surface area contributed by atoms with Crippen molar-refractivity contribution >= 4 is 65.2 Å². The van der Waals surface area contributed by atoms with E-state index < -0.39 is 14.9 Å². The zero-order chi connectivity index (χ0) is 23.9. The summed E-state index contributed by atoms with van der Waals surface area (Å²) in [6.07, 6.45) is 0. The first-order valence-electron chi connectivity index (χ1n) is 9.70. The highest BCUT2D eigenvalue weighted by molar-refractivity contribution is 7.92. The van der Waals surface area contributed by atoms with Gasteiger partial charge in [0.25, 0.3) is 15.7 Å². The maximum absolute atomic E-state index is 12.8. The van der Waals surface area contributed by atoms with Gasteiger partial charge in [-0.15, -0.1) is 0 Å². The lowest BCUT2D eigenvalue weighted by Crippen LogP contribution is -2.12. The van der Waals surface area contributed by atoms with E-state index in [1.807, 2.05) is 0 Å². The van der Waals surface area contributed by atoms with E-state index in [0.717, 1.165) is 0 Å². The Morgan fingerprint density at radius 2 is 1.82 bits per heavy atom. The molecule has 5 aromatic rings. The fourth-order valence-corrected chi connectivity index (χ4v) is 5.14. The van der Waals surface area contributed by atoms with Crippen LogP contribution in [-0.2, 0) is 10.0 Å². The van der Waals surface area contributed by atoms with Crippen molar-refractivity contribution < 1.29 is 22.5 Å². The topological polar surface area (TPSA) is 149 Å². The van der Waals surface area contributed by atoms with Gasteiger partial charge in [-0.25, -0.2) is 13.4 Å².